The molecule has 0 aliphatic carbocycles. The molecule has 0 aliphatic heterocycles. The van der Waals surface area contributed by atoms with Crippen molar-refractivity contribution in [3.05, 3.63) is 81.1 Å². The van der Waals surface area contributed by atoms with E-state index in [4.69, 9.17) is 27.9 Å². The molecule has 5 rings (SSSR count). The van der Waals surface area contributed by atoms with E-state index < -0.39 is 16.1 Å². The van der Waals surface area contributed by atoms with Gasteiger partial charge in [-0.2, -0.15) is 10.2 Å². The molecule has 44 heavy (non-hydrogen) atoms. The quantitative estimate of drug-likeness (QED) is 0.192. The molecule has 14 heteroatoms. The minimum absolute atomic E-state index is 0.0128. The van der Waals surface area contributed by atoms with Crippen LogP contribution in [0.2, 0.25) is 5.02 Å². The predicted octanol–water partition coefficient (Wildman–Crippen LogP) is 5.11. The van der Waals surface area contributed by atoms with Crippen LogP contribution in [0, 0.1) is 6.57 Å². The number of nitrogens with zero attached hydrogens (tertiary/aromatic N) is 6. The summed E-state index contributed by atoms with van der Waals surface area (Å²) in [6.45, 7) is 13.3. The average Bonchev–Trinajstić information content (AvgIpc) is 3.57. The molecule has 1 atom stereocenters. The van der Waals surface area contributed by atoms with E-state index in [2.05, 4.69) is 24.7 Å². The molecule has 0 fully saturated rings. The van der Waals surface area contributed by atoms with E-state index >= 15 is 0 Å². The highest BCUT2D eigenvalue weighted by Crippen LogP contribution is 2.32. The van der Waals surface area contributed by atoms with Crippen LogP contribution in [0.25, 0.3) is 38.5 Å². The van der Waals surface area contributed by atoms with Crippen LogP contribution in [0.3, 0.4) is 0 Å². The van der Waals surface area contributed by atoms with E-state index in [0.29, 0.717) is 57.5 Å². The molecule has 0 spiro atoms. The summed E-state index contributed by atoms with van der Waals surface area (Å²) < 4.78 is 38.6. The molecular weight excluding hydrogens is 604 g/mol. The van der Waals surface area contributed by atoms with Gasteiger partial charge in [-0.1, -0.05) is 37.1 Å². The second-order valence-corrected chi connectivity index (χ2v) is 12.4. The zero-order chi connectivity index (χ0) is 31.6. The summed E-state index contributed by atoms with van der Waals surface area (Å²) in [7, 11) is -2.30. The number of aryl methyl sites for hydroxylation is 2. The van der Waals surface area contributed by atoms with E-state index in [-0.39, 0.29) is 22.8 Å². The summed E-state index contributed by atoms with van der Waals surface area (Å²) in [4.78, 5) is 23.9. The smallest absolute Gasteiger partial charge is 0.277 e. The van der Waals surface area contributed by atoms with Gasteiger partial charge in [-0.25, -0.2) is 23.0 Å². The summed E-state index contributed by atoms with van der Waals surface area (Å²) >= 11 is 6.17. The van der Waals surface area contributed by atoms with Crippen LogP contribution in [0.4, 0.5) is 5.69 Å². The highest BCUT2D eigenvalue weighted by Gasteiger charge is 2.23. The number of benzene rings is 2. The van der Waals surface area contributed by atoms with Gasteiger partial charge in [0, 0.05) is 29.9 Å². The lowest BCUT2D eigenvalue weighted by atomic mass is 10.1. The molecule has 0 bridgehead atoms. The number of hydrogen-bond acceptors (Lipinski definition) is 7. The predicted molar refractivity (Wildman–Crippen MR) is 168 cm³/mol. The van der Waals surface area contributed by atoms with Gasteiger partial charge in [0.15, 0.2) is 5.52 Å². The van der Waals surface area contributed by atoms with Gasteiger partial charge in [-0.15, -0.1) is 0 Å². The molecule has 0 aliphatic rings. The number of ether oxygens (including phenoxy) is 1. The number of nitrogens with one attached hydrogen (secondary N) is 2. The van der Waals surface area contributed by atoms with Crippen molar-refractivity contribution in [2.45, 2.75) is 51.1 Å². The molecule has 0 unspecified atom stereocenters. The van der Waals surface area contributed by atoms with Crippen molar-refractivity contribution >= 4 is 38.3 Å². The highest BCUT2D eigenvalue weighted by molar-refractivity contribution is 7.89. The van der Waals surface area contributed by atoms with Gasteiger partial charge in [0.2, 0.25) is 15.7 Å². The second kappa shape index (κ2) is 12.6. The van der Waals surface area contributed by atoms with Crippen LogP contribution < -0.4 is 15.0 Å². The van der Waals surface area contributed by atoms with Crippen LogP contribution in [-0.2, 0) is 30.0 Å². The Balaban J connectivity index is 1.41. The average molecular weight is 635 g/mol. The Morgan fingerprint density at radius 1 is 1.16 bits per heavy atom. The second-order valence-electron chi connectivity index (χ2n) is 10.2. The fourth-order valence-electron chi connectivity index (χ4n) is 4.95. The molecule has 5 aromatic rings. The first-order valence-corrected chi connectivity index (χ1v) is 15.9. The Morgan fingerprint density at radius 2 is 1.95 bits per heavy atom. The van der Waals surface area contributed by atoms with Gasteiger partial charge in [0.25, 0.3) is 5.56 Å². The minimum atomic E-state index is -3.99. The molecule has 228 valence electrons. The number of aromatic amines is 1. The topological polar surface area (TPSA) is 141 Å². The summed E-state index contributed by atoms with van der Waals surface area (Å²) in [6.07, 6.45) is 3.21. The summed E-state index contributed by atoms with van der Waals surface area (Å²) in [5.74, 6) is 0.576. The molecule has 0 amide bonds. The standard InChI is InChI=1S/C30H31ClN8O4S/c1-6-8-25-27-28(38(5)35-25)30(40)34-29(33-27)21-16-20(10-12-26(21)43-7-2)44(41,42)37-18(3)17-39-14-13-23(36-39)19-9-11-24(32-4)22(31)15-19/h9-16,18,37H,6-8,17H2,1-3,5H3,(H,33,34,40)/t18-/m0/s1. The van der Waals surface area contributed by atoms with E-state index in [1.165, 1.54) is 16.8 Å². The zero-order valence-electron chi connectivity index (χ0n) is 24.6. The van der Waals surface area contributed by atoms with Crippen LogP contribution in [0.15, 0.2) is 58.4 Å². The highest BCUT2D eigenvalue weighted by atomic mass is 35.5. The first-order chi connectivity index (χ1) is 21.0. The van der Waals surface area contributed by atoms with Crippen molar-refractivity contribution in [3.63, 3.8) is 0 Å². The van der Waals surface area contributed by atoms with E-state index in [1.54, 1.807) is 55.2 Å². The first kappa shape index (κ1) is 30.9. The van der Waals surface area contributed by atoms with Gasteiger partial charge < -0.3 is 9.72 Å². The molecule has 0 saturated heterocycles. The Kier molecular flexibility index (Phi) is 8.87. The normalized spacial score (nSPS) is 12.4. The molecule has 0 radical (unpaired) electrons. The van der Waals surface area contributed by atoms with Gasteiger partial charge in [-0.3, -0.25) is 14.2 Å². The van der Waals surface area contributed by atoms with E-state index in [1.807, 2.05) is 13.8 Å². The number of H-pyrrole nitrogens is 1. The van der Waals surface area contributed by atoms with Crippen LogP contribution in [0.1, 0.15) is 32.9 Å². The molecule has 12 nitrogen and oxygen atoms in total. The molecular formula is C30H31ClN8O4S. The maximum atomic E-state index is 13.5. The van der Waals surface area contributed by atoms with Crippen molar-refractivity contribution in [1.82, 2.24) is 34.3 Å². The third-order valence-electron chi connectivity index (χ3n) is 6.89. The number of halogens is 1. The van der Waals surface area contributed by atoms with E-state index in [0.717, 1.165) is 12.0 Å². The van der Waals surface area contributed by atoms with Crippen molar-refractivity contribution < 1.29 is 13.2 Å². The lowest BCUT2D eigenvalue weighted by Gasteiger charge is -2.16. The Labute approximate surface area is 259 Å². The zero-order valence-corrected chi connectivity index (χ0v) is 26.2. The lowest BCUT2D eigenvalue weighted by molar-refractivity contribution is 0.341. The first-order valence-electron chi connectivity index (χ1n) is 14.0. The Morgan fingerprint density at radius 3 is 2.66 bits per heavy atom. The van der Waals surface area contributed by atoms with Crippen molar-refractivity contribution in [2.75, 3.05) is 6.61 Å². The van der Waals surface area contributed by atoms with Crippen molar-refractivity contribution in [1.29, 1.82) is 0 Å². The van der Waals surface area contributed by atoms with Gasteiger partial charge in [-0.05, 0) is 50.6 Å². The van der Waals surface area contributed by atoms with Crippen LogP contribution in [-0.4, -0.2) is 50.6 Å². The lowest BCUT2D eigenvalue weighted by Crippen LogP contribution is -2.35. The van der Waals surface area contributed by atoms with Gasteiger partial charge in [0.05, 0.1) is 41.6 Å². The third-order valence-corrected chi connectivity index (χ3v) is 8.78. The minimum Gasteiger partial charge on any atom is -0.493 e. The number of fused-ring (bicyclic) bond motifs is 1. The van der Waals surface area contributed by atoms with Gasteiger partial charge in [0.1, 0.15) is 17.1 Å². The van der Waals surface area contributed by atoms with Crippen molar-refractivity contribution in [3.8, 4) is 28.4 Å². The maximum absolute atomic E-state index is 13.5. The number of aromatic nitrogens is 6. The molecule has 0 saturated carbocycles. The molecule has 3 heterocycles. The van der Waals surface area contributed by atoms with Crippen LogP contribution >= 0.6 is 11.6 Å². The Bertz CT molecular complexity index is 2060. The fourth-order valence-corrected chi connectivity index (χ4v) is 6.43. The SMILES string of the molecule is [C-]#[N+]c1ccc(-c2ccn(C[C@H](C)NS(=O)(=O)c3ccc(OCC)c(-c4nc5c(CCC)nn(C)c5c(=O)[nH]4)c3)n2)cc1Cl. The van der Waals surface area contributed by atoms with Gasteiger partial charge >= 0.3 is 0 Å². The summed E-state index contributed by atoms with van der Waals surface area (Å²) in [5, 5.41) is 9.34. The molecule has 2 N–H and O–H groups in total. The summed E-state index contributed by atoms with van der Waals surface area (Å²) in [6, 6.07) is 10.8. The number of hydrogen-bond donors (Lipinski definition) is 2. The van der Waals surface area contributed by atoms with Crippen LogP contribution in [0.5, 0.6) is 5.75 Å². The van der Waals surface area contributed by atoms with E-state index in [9.17, 15) is 13.2 Å². The fraction of sp³-hybridized carbons (Fsp3) is 0.300. The largest absolute Gasteiger partial charge is 0.493 e. The number of rotatable bonds is 11. The molecule has 3 aromatic heterocycles. The third kappa shape index (κ3) is 6.23. The molecule has 2 aromatic carbocycles. The monoisotopic (exact) mass is 634 g/mol. The van der Waals surface area contributed by atoms with Crippen molar-refractivity contribution in [2.24, 2.45) is 7.05 Å². The summed E-state index contributed by atoms with van der Waals surface area (Å²) in [5.41, 5.74) is 3.22. The Hall–Kier alpha value is -4.51. The maximum Gasteiger partial charge on any atom is 0.277 e. The number of sulfonamides is 1.